The quantitative estimate of drug-likeness (QED) is 0.416. The zero-order valence-corrected chi connectivity index (χ0v) is 19.2. The average Bonchev–Trinajstić information content (AvgIpc) is 2.79. The lowest BCUT2D eigenvalue weighted by Crippen LogP contribution is -2.30. The molecule has 0 radical (unpaired) electrons. The fourth-order valence-corrected chi connectivity index (χ4v) is 6.37. The third-order valence-electron chi connectivity index (χ3n) is 8.18. The van der Waals surface area contributed by atoms with Gasteiger partial charge in [0.1, 0.15) is 11.6 Å². The molecule has 2 aromatic rings. The first-order valence-electron chi connectivity index (χ1n) is 12.6. The van der Waals surface area contributed by atoms with E-state index in [4.69, 9.17) is 5.11 Å². The number of carboxylic acids is 1. The Bertz CT molecular complexity index is 954. The molecule has 0 heterocycles. The van der Waals surface area contributed by atoms with Gasteiger partial charge in [0, 0.05) is 5.39 Å². The van der Waals surface area contributed by atoms with Gasteiger partial charge in [0.15, 0.2) is 0 Å². The molecule has 2 aromatic carbocycles. The highest BCUT2D eigenvalue weighted by molar-refractivity contribution is 5.95. The van der Waals surface area contributed by atoms with Crippen molar-refractivity contribution in [2.45, 2.75) is 89.9 Å². The maximum Gasteiger partial charge on any atom is 0.338 e. The molecule has 4 atom stereocenters. The molecule has 0 aliphatic heterocycles. The van der Waals surface area contributed by atoms with Crippen LogP contribution >= 0.6 is 0 Å². The van der Waals surface area contributed by atoms with E-state index in [0.29, 0.717) is 16.9 Å². The molecule has 2 aliphatic rings. The van der Waals surface area contributed by atoms with Crippen LogP contribution in [0.15, 0.2) is 24.3 Å². The first-order chi connectivity index (χ1) is 15.5. The van der Waals surface area contributed by atoms with Gasteiger partial charge in [0.25, 0.3) is 0 Å². The van der Waals surface area contributed by atoms with E-state index in [2.05, 4.69) is 6.92 Å². The molecule has 32 heavy (non-hydrogen) atoms. The third-order valence-corrected chi connectivity index (χ3v) is 8.18. The molecule has 2 fully saturated rings. The lowest BCUT2D eigenvalue weighted by Gasteiger charge is -2.42. The Labute approximate surface area is 190 Å². The first-order valence-corrected chi connectivity index (χ1v) is 12.6. The van der Waals surface area contributed by atoms with Crippen molar-refractivity contribution >= 4 is 16.7 Å². The van der Waals surface area contributed by atoms with Gasteiger partial charge in [0.05, 0.1) is 5.56 Å². The SMILES string of the molecule is CCCCCCCC1CCC2CC(c3ccc4cc(C(=O)O)c(F)cc4c3F)CCC2C1. The topological polar surface area (TPSA) is 37.3 Å². The largest absolute Gasteiger partial charge is 0.478 e. The van der Waals surface area contributed by atoms with E-state index >= 15 is 4.39 Å². The van der Waals surface area contributed by atoms with E-state index in [0.717, 1.165) is 37.2 Å². The minimum absolute atomic E-state index is 0.174. The molecule has 174 valence electrons. The van der Waals surface area contributed by atoms with Crippen LogP contribution in [0.5, 0.6) is 0 Å². The van der Waals surface area contributed by atoms with Crippen LogP contribution in [0.3, 0.4) is 0 Å². The molecule has 0 amide bonds. The monoisotopic (exact) mass is 442 g/mol. The van der Waals surface area contributed by atoms with Crippen LogP contribution in [0.2, 0.25) is 0 Å². The molecule has 4 heteroatoms. The van der Waals surface area contributed by atoms with Crippen molar-refractivity contribution in [2.24, 2.45) is 17.8 Å². The third kappa shape index (κ3) is 5.00. The molecular formula is C28H36F2O2. The normalized spacial score (nSPS) is 25.6. The van der Waals surface area contributed by atoms with Gasteiger partial charge in [-0.2, -0.15) is 0 Å². The number of aromatic carboxylic acids is 1. The van der Waals surface area contributed by atoms with Crippen LogP contribution in [0.25, 0.3) is 10.8 Å². The summed E-state index contributed by atoms with van der Waals surface area (Å²) in [7, 11) is 0. The molecule has 0 bridgehead atoms. The van der Waals surface area contributed by atoms with Crippen LogP contribution in [0, 0.1) is 29.4 Å². The summed E-state index contributed by atoms with van der Waals surface area (Å²) in [6.45, 7) is 2.26. The Balaban J connectivity index is 1.40. The molecule has 0 saturated heterocycles. The molecule has 0 aromatic heterocycles. The second-order valence-electron chi connectivity index (χ2n) is 10.2. The van der Waals surface area contributed by atoms with Gasteiger partial charge in [-0.25, -0.2) is 13.6 Å². The van der Waals surface area contributed by atoms with E-state index in [-0.39, 0.29) is 17.1 Å². The number of benzene rings is 2. The maximum absolute atomic E-state index is 15.4. The summed E-state index contributed by atoms with van der Waals surface area (Å²) in [4.78, 5) is 11.2. The second-order valence-corrected chi connectivity index (χ2v) is 10.2. The molecular weight excluding hydrogens is 406 g/mol. The van der Waals surface area contributed by atoms with Gasteiger partial charge >= 0.3 is 5.97 Å². The Kier molecular flexibility index (Phi) is 7.48. The van der Waals surface area contributed by atoms with E-state index in [1.807, 2.05) is 0 Å². The van der Waals surface area contributed by atoms with Crippen molar-refractivity contribution in [1.29, 1.82) is 0 Å². The lowest BCUT2D eigenvalue weighted by molar-refractivity contribution is 0.0692. The van der Waals surface area contributed by atoms with Crippen molar-refractivity contribution < 1.29 is 18.7 Å². The van der Waals surface area contributed by atoms with Gasteiger partial charge in [-0.3, -0.25) is 0 Å². The van der Waals surface area contributed by atoms with Crippen LogP contribution < -0.4 is 0 Å². The lowest BCUT2D eigenvalue weighted by atomic mass is 9.63. The summed E-state index contributed by atoms with van der Waals surface area (Å²) in [6, 6.07) is 5.84. The Hall–Kier alpha value is -1.97. The van der Waals surface area contributed by atoms with Crippen LogP contribution in [-0.4, -0.2) is 11.1 Å². The molecule has 1 N–H and O–H groups in total. The van der Waals surface area contributed by atoms with Crippen molar-refractivity contribution in [3.05, 3.63) is 47.0 Å². The number of halogens is 2. The maximum atomic E-state index is 15.4. The van der Waals surface area contributed by atoms with Gasteiger partial charge in [-0.05, 0) is 78.9 Å². The fourth-order valence-electron chi connectivity index (χ4n) is 6.37. The van der Waals surface area contributed by atoms with Crippen molar-refractivity contribution in [1.82, 2.24) is 0 Å². The van der Waals surface area contributed by atoms with E-state index < -0.39 is 17.3 Å². The zero-order chi connectivity index (χ0) is 22.7. The summed E-state index contributed by atoms with van der Waals surface area (Å²) in [5.41, 5.74) is 0.267. The predicted molar refractivity (Wildman–Crippen MR) is 125 cm³/mol. The van der Waals surface area contributed by atoms with E-state index in [1.165, 1.54) is 63.9 Å². The molecule has 2 aliphatic carbocycles. The average molecular weight is 443 g/mol. The highest BCUT2D eigenvalue weighted by Crippen LogP contribution is 2.49. The fraction of sp³-hybridized carbons (Fsp3) is 0.607. The zero-order valence-electron chi connectivity index (χ0n) is 19.2. The minimum Gasteiger partial charge on any atom is -0.478 e. The molecule has 4 rings (SSSR count). The number of fused-ring (bicyclic) bond motifs is 2. The molecule has 0 spiro atoms. The standard InChI is InChI=1S/C28H36F2O2/c1-2-3-4-5-6-7-18-8-9-20-15-21(11-10-19(20)14-18)23-13-12-22-16-25(28(31)32)26(29)17-24(22)27(23)30/h12-13,16-21H,2-11,14-15H2,1H3,(H,31,32). The summed E-state index contributed by atoms with van der Waals surface area (Å²) < 4.78 is 29.6. The van der Waals surface area contributed by atoms with Crippen molar-refractivity contribution in [3.8, 4) is 0 Å². The number of hydrogen-bond acceptors (Lipinski definition) is 1. The summed E-state index contributed by atoms with van der Waals surface area (Å²) in [6.07, 6.45) is 15.2. The predicted octanol–water partition coefficient (Wildman–Crippen LogP) is 8.48. The number of hydrogen-bond donors (Lipinski definition) is 1. The van der Waals surface area contributed by atoms with Gasteiger partial charge in [0.2, 0.25) is 0 Å². The Morgan fingerprint density at radius 2 is 1.72 bits per heavy atom. The Morgan fingerprint density at radius 1 is 0.969 bits per heavy atom. The van der Waals surface area contributed by atoms with Gasteiger partial charge < -0.3 is 5.11 Å². The molecule has 2 nitrogen and oxygen atoms in total. The summed E-state index contributed by atoms with van der Waals surface area (Å²) >= 11 is 0. The first kappa shape index (κ1) is 23.2. The second kappa shape index (κ2) is 10.3. The number of carboxylic acid groups (broad SMARTS) is 1. The van der Waals surface area contributed by atoms with E-state index in [1.54, 1.807) is 12.1 Å². The molecule has 2 saturated carbocycles. The summed E-state index contributed by atoms with van der Waals surface area (Å²) in [5, 5.41) is 9.77. The number of carbonyl (C=O) groups is 1. The molecule has 4 unspecified atom stereocenters. The van der Waals surface area contributed by atoms with Crippen LogP contribution in [0.1, 0.15) is 106 Å². The number of unbranched alkanes of at least 4 members (excludes halogenated alkanes) is 4. The summed E-state index contributed by atoms with van der Waals surface area (Å²) in [5.74, 6) is -0.0816. The number of rotatable bonds is 8. The highest BCUT2D eigenvalue weighted by atomic mass is 19.1. The van der Waals surface area contributed by atoms with Crippen LogP contribution in [0.4, 0.5) is 8.78 Å². The van der Waals surface area contributed by atoms with E-state index in [9.17, 15) is 9.18 Å². The Morgan fingerprint density at radius 3 is 2.50 bits per heavy atom. The van der Waals surface area contributed by atoms with Crippen molar-refractivity contribution in [3.63, 3.8) is 0 Å². The van der Waals surface area contributed by atoms with Gasteiger partial charge in [-0.15, -0.1) is 0 Å². The minimum atomic E-state index is -1.33. The highest BCUT2D eigenvalue weighted by Gasteiger charge is 2.36. The van der Waals surface area contributed by atoms with Crippen LogP contribution in [-0.2, 0) is 0 Å². The van der Waals surface area contributed by atoms with Crippen molar-refractivity contribution in [2.75, 3.05) is 0 Å². The van der Waals surface area contributed by atoms with Gasteiger partial charge in [-0.1, -0.05) is 64.0 Å². The smallest absolute Gasteiger partial charge is 0.338 e.